The third kappa shape index (κ3) is 21.7. The normalized spacial score (nSPS) is 15.6. The number of allylic oxidation sites excluding steroid dienone is 2. The van der Waals surface area contributed by atoms with Gasteiger partial charge < -0.3 is 10.6 Å². The largest absolute Gasteiger partial charge is 0.386 e. The number of aryl methyl sites for hydroxylation is 1. The molecule has 5 heteroatoms. The molecule has 1 heterocycles. The van der Waals surface area contributed by atoms with Crippen molar-refractivity contribution in [1.29, 1.82) is 0 Å². The van der Waals surface area contributed by atoms with E-state index in [1.165, 1.54) is 51.1 Å². The smallest absolute Gasteiger partial charge is 0.132 e. The summed E-state index contributed by atoms with van der Waals surface area (Å²) in [7, 11) is 0. The number of benzene rings is 1. The van der Waals surface area contributed by atoms with Gasteiger partial charge in [0, 0.05) is 41.6 Å². The minimum Gasteiger partial charge on any atom is -0.386 e. The van der Waals surface area contributed by atoms with Gasteiger partial charge in [0.2, 0.25) is 0 Å². The van der Waals surface area contributed by atoms with E-state index in [0.717, 1.165) is 49.0 Å². The first-order chi connectivity index (χ1) is 21.2. The second-order valence-corrected chi connectivity index (χ2v) is 13.3. The molecule has 1 fully saturated rings. The summed E-state index contributed by atoms with van der Waals surface area (Å²) in [5, 5.41) is 6.50. The van der Waals surface area contributed by atoms with Gasteiger partial charge in [0.25, 0.3) is 0 Å². The Balaban J connectivity index is 0. The lowest BCUT2D eigenvalue weighted by Gasteiger charge is -2.45. The molecule has 0 radical (unpaired) electrons. The molecule has 2 atom stereocenters. The Kier molecular flexibility index (Phi) is 26.2. The molecule has 0 amide bonds. The number of nitrogens with zero attached hydrogens (tertiary/aromatic N) is 2. The zero-order valence-corrected chi connectivity index (χ0v) is 31.1. The number of piperidine rings is 1. The molecular weight excluding hydrogens is 555 g/mol. The fourth-order valence-corrected chi connectivity index (χ4v) is 5.35. The maximum Gasteiger partial charge on any atom is 0.132 e. The van der Waals surface area contributed by atoms with Gasteiger partial charge in [-0.05, 0) is 123 Å². The Bertz CT molecular complexity index is 979. The number of hydrogen-bond donors (Lipinski definition) is 2. The highest BCUT2D eigenvalue weighted by molar-refractivity contribution is 5.65. The van der Waals surface area contributed by atoms with Crippen LogP contribution in [-0.2, 0) is 0 Å². The Hall–Kier alpha value is -2.66. The molecule has 1 saturated heterocycles. The standard InChI is InChI=1S/C13H17FN2.C12H25N.C12H23N.C3H6/c1-4-7-16-13(9-15-3)11-6-5-10(2)8-12(11)14;1-5-9-12(3,4)13-10-7-6-8-11(13)2;1-6-7-11(4)13-12(5)9-8-10(2)3;1-3-2/h5-6,8-9,16H,3-4,7H2,1-2H3;11H,5-10H2,1-4H3;6,10-11,13H,1,5,7-9H2,2-4H3;3H,1H2,2H3/b13-9-;;;/t;11-;;/m.0../s1. The van der Waals surface area contributed by atoms with E-state index in [9.17, 15) is 4.39 Å². The maximum atomic E-state index is 13.7. The summed E-state index contributed by atoms with van der Waals surface area (Å²) in [6.07, 6.45) is 16.4. The molecule has 45 heavy (non-hydrogen) atoms. The zero-order chi connectivity index (χ0) is 34.8. The number of hydrogen-bond acceptors (Lipinski definition) is 4. The van der Waals surface area contributed by atoms with Crippen LogP contribution in [0.5, 0.6) is 0 Å². The third-order valence-corrected chi connectivity index (χ3v) is 7.64. The lowest BCUT2D eigenvalue weighted by Crippen LogP contribution is -2.51. The molecule has 1 aromatic carbocycles. The second-order valence-electron chi connectivity index (χ2n) is 13.3. The maximum absolute atomic E-state index is 13.7. The first-order valence-corrected chi connectivity index (χ1v) is 17.3. The quantitative estimate of drug-likeness (QED) is 0.150. The molecule has 1 aromatic rings. The lowest BCUT2D eigenvalue weighted by molar-refractivity contribution is 0.0422. The molecule has 1 aliphatic rings. The van der Waals surface area contributed by atoms with Crippen LogP contribution >= 0.6 is 0 Å². The molecule has 0 spiro atoms. The highest BCUT2D eigenvalue weighted by Gasteiger charge is 2.31. The Labute approximate surface area is 279 Å². The Morgan fingerprint density at radius 3 is 2.29 bits per heavy atom. The first kappa shape index (κ1) is 44.5. The van der Waals surface area contributed by atoms with Crippen molar-refractivity contribution in [3.63, 3.8) is 0 Å². The molecule has 1 aliphatic heterocycles. The highest BCUT2D eigenvalue weighted by atomic mass is 19.1. The molecular formula is C40H71FN4. The van der Waals surface area contributed by atoms with E-state index in [2.05, 4.69) is 102 Å². The van der Waals surface area contributed by atoms with E-state index >= 15 is 0 Å². The average Bonchev–Trinajstić information content (AvgIpc) is 2.96. The van der Waals surface area contributed by atoms with Gasteiger partial charge >= 0.3 is 0 Å². The fraction of sp³-hybridized carbons (Fsp3) is 0.625. The van der Waals surface area contributed by atoms with E-state index in [0.29, 0.717) is 22.8 Å². The van der Waals surface area contributed by atoms with Crippen LogP contribution in [0.4, 0.5) is 4.39 Å². The van der Waals surface area contributed by atoms with Crippen LogP contribution in [0, 0.1) is 18.7 Å². The molecule has 258 valence electrons. The van der Waals surface area contributed by atoms with Gasteiger partial charge in [0.1, 0.15) is 5.82 Å². The predicted molar refractivity (Wildman–Crippen MR) is 202 cm³/mol. The van der Waals surface area contributed by atoms with Crippen molar-refractivity contribution < 1.29 is 4.39 Å². The zero-order valence-electron chi connectivity index (χ0n) is 31.1. The van der Waals surface area contributed by atoms with Crippen LogP contribution in [0.25, 0.3) is 5.70 Å². The molecule has 1 unspecified atom stereocenters. The van der Waals surface area contributed by atoms with Crippen LogP contribution < -0.4 is 10.6 Å². The van der Waals surface area contributed by atoms with E-state index in [1.807, 2.05) is 26.0 Å². The van der Waals surface area contributed by atoms with E-state index in [-0.39, 0.29) is 5.82 Å². The monoisotopic (exact) mass is 627 g/mol. The summed E-state index contributed by atoms with van der Waals surface area (Å²) in [5.74, 6) is 0.520. The SMILES string of the molecule is C=CC.C=CCC(C)NC(=C)CCC(C)C.C=N/C=C(\NCCC)c1ccc(C)cc1F.CCCC(C)(C)N1CCCC[C@@H]1C. The molecule has 0 saturated carbocycles. The van der Waals surface area contributed by atoms with Crippen molar-refractivity contribution in [2.75, 3.05) is 13.1 Å². The Morgan fingerprint density at radius 2 is 1.80 bits per heavy atom. The van der Waals surface area contributed by atoms with Gasteiger partial charge in [-0.1, -0.05) is 65.3 Å². The summed E-state index contributed by atoms with van der Waals surface area (Å²) in [6.45, 7) is 38.5. The van der Waals surface area contributed by atoms with Crippen molar-refractivity contribution in [3.05, 3.63) is 78.9 Å². The van der Waals surface area contributed by atoms with Gasteiger partial charge in [-0.3, -0.25) is 9.89 Å². The van der Waals surface area contributed by atoms with Crippen LogP contribution in [0.2, 0.25) is 0 Å². The van der Waals surface area contributed by atoms with Crippen LogP contribution in [0.15, 0.2) is 67.0 Å². The van der Waals surface area contributed by atoms with Gasteiger partial charge in [0.05, 0.1) is 5.70 Å². The van der Waals surface area contributed by atoms with Crippen molar-refractivity contribution >= 4 is 12.4 Å². The average molecular weight is 627 g/mol. The highest BCUT2D eigenvalue weighted by Crippen LogP contribution is 2.28. The number of nitrogens with one attached hydrogen (secondary N) is 2. The van der Waals surface area contributed by atoms with E-state index < -0.39 is 0 Å². The van der Waals surface area contributed by atoms with Gasteiger partial charge in [0.15, 0.2) is 0 Å². The van der Waals surface area contributed by atoms with Crippen molar-refractivity contribution in [1.82, 2.24) is 15.5 Å². The van der Waals surface area contributed by atoms with E-state index in [1.54, 1.807) is 18.3 Å². The summed E-state index contributed by atoms with van der Waals surface area (Å²) >= 11 is 0. The molecule has 2 rings (SSSR count). The van der Waals surface area contributed by atoms with Crippen molar-refractivity contribution in [3.8, 4) is 0 Å². The van der Waals surface area contributed by atoms with Gasteiger partial charge in [-0.25, -0.2) is 4.39 Å². The van der Waals surface area contributed by atoms with Crippen LogP contribution in [-0.4, -0.2) is 42.3 Å². The summed E-state index contributed by atoms with van der Waals surface area (Å²) in [5.41, 5.74) is 3.70. The minimum absolute atomic E-state index is 0.237. The fourth-order valence-electron chi connectivity index (χ4n) is 5.35. The molecule has 2 N–H and O–H groups in total. The van der Waals surface area contributed by atoms with E-state index in [4.69, 9.17) is 0 Å². The molecule has 0 bridgehead atoms. The predicted octanol–water partition coefficient (Wildman–Crippen LogP) is 11.3. The number of likely N-dealkylation sites (tertiary alicyclic amines) is 1. The van der Waals surface area contributed by atoms with Gasteiger partial charge in [-0.2, -0.15) is 0 Å². The molecule has 0 aliphatic carbocycles. The first-order valence-electron chi connectivity index (χ1n) is 17.3. The van der Waals surface area contributed by atoms with Crippen molar-refractivity contribution in [2.45, 2.75) is 145 Å². The third-order valence-electron chi connectivity index (χ3n) is 7.64. The topological polar surface area (TPSA) is 39.7 Å². The molecule has 0 aromatic heterocycles. The lowest BCUT2D eigenvalue weighted by atomic mass is 9.90. The van der Waals surface area contributed by atoms with Crippen LogP contribution in [0.1, 0.15) is 131 Å². The number of rotatable bonds is 15. The van der Waals surface area contributed by atoms with Gasteiger partial charge in [-0.15, -0.1) is 13.2 Å². The second kappa shape index (κ2) is 26.5. The number of halogens is 1. The summed E-state index contributed by atoms with van der Waals surface area (Å²) in [4.78, 5) is 6.40. The molecule has 4 nitrogen and oxygen atoms in total. The van der Waals surface area contributed by atoms with Crippen LogP contribution in [0.3, 0.4) is 0 Å². The van der Waals surface area contributed by atoms with Crippen molar-refractivity contribution in [2.24, 2.45) is 10.9 Å². The Morgan fingerprint density at radius 1 is 1.16 bits per heavy atom. The summed E-state index contributed by atoms with van der Waals surface area (Å²) < 4.78 is 13.7. The summed E-state index contributed by atoms with van der Waals surface area (Å²) in [6, 6.07) is 6.42. The number of aliphatic imine (C=N–C) groups is 1. The minimum atomic E-state index is -0.237.